The van der Waals surface area contributed by atoms with Crippen LogP contribution in [0.4, 0.5) is 0 Å². The van der Waals surface area contributed by atoms with Gasteiger partial charge in [0.1, 0.15) is 0 Å². The Bertz CT molecular complexity index is 309. The van der Waals surface area contributed by atoms with Crippen molar-refractivity contribution in [3.63, 3.8) is 0 Å². The maximum Gasteiger partial charge on any atom is 0.0594 e. The first-order valence-electron chi connectivity index (χ1n) is 8.55. The maximum atomic E-state index is 5.56. The number of morpholine rings is 1. The molecule has 0 aromatic carbocycles. The first-order valence-corrected chi connectivity index (χ1v) is 8.55. The van der Waals surface area contributed by atoms with Crippen molar-refractivity contribution in [3.8, 4) is 0 Å². The van der Waals surface area contributed by atoms with E-state index in [1.54, 1.807) is 0 Å². The van der Waals surface area contributed by atoms with Gasteiger partial charge in [-0.25, -0.2) is 0 Å². The molecule has 3 rings (SSSR count). The van der Waals surface area contributed by atoms with Crippen LogP contribution in [0.25, 0.3) is 0 Å². The largest absolute Gasteiger partial charge is 0.384 e. The van der Waals surface area contributed by atoms with E-state index in [0.717, 1.165) is 52.0 Å². The van der Waals surface area contributed by atoms with Crippen LogP contribution in [-0.4, -0.2) is 88.6 Å². The topological polar surface area (TPSA) is 37.0 Å². The van der Waals surface area contributed by atoms with E-state index in [2.05, 4.69) is 15.1 Å². The molecular weight excluding hydrogens is 266 g/mol. The third-order valence-electron chi connectivity index (χ3n) is 5.48. The molecule has 3 aliphatic rings. The van der Waals surface area contributed by atoms with Gasteiger partial charge in [-0.3, -0.25) is 4.90 Å². The molecule has 0 spiro atoms. The van der Waals surface area contributed by atoms with Crippen molar-refractivity contribution in [3.05, 3.63) is 0 Å². The lowest BCUT2D eigenvalue weighted by atomic mass is 9.79. The number of hydrogen-bond acceptors (Lipinski definition) is 5. The van der Waals surface area contributed by atoms with Gasteiger partial charge in [-0.05, 0) is 38.9 Å². The highest BCUT2D eigenvalue weighted by atomic mass is 16.5. The van der Waals surface area contributed by atoms with E-state index >= 15 is 0 Å². The van der Waals surface area contributed by atoms with Crippen LogP contribution in [-0.2, 0) is 9.47 Å². The van der Waals surface area contributed by atoms with Crippen LogP contribution in [0.3, 0.4) is 0 Å². The monoisotopic (exact) mass is 297 g/mol. The molecule has 122 valence electrons. The normalized spacial score (nSPS) is 31.6. The molecule has 0 saturated carbocycles. The van der Waals surface area contributed by atoms with Gasteiger partial charge < -0.3 is 19.7 Å². The molecule has 3 aliphatic heterocycles. The number of rotatable bonds is 5. The van der Waals surface area contributed by atoms with Crippen molar-refractivity contribution >= 4 is 0 Å². The van der Waals surface area contributed by atoms with Crippen LogP contribution in [0.5, 0.6) is 0 Å². The first kappa shape index (κ1) is 15.7. The number of methoxy groups -OCH3 is 1. The molecule has 5 nitrogen and oxygen atoms in total. The Morgan fingerprint density at radius 2 is 1.95 bits per heavy atom. The van der Waals surface area contributed by atoms with Gasteiger partial charge in [-0.1, -0.05) is 0 Å². The van der Waals surface area contributed by atoms with Crippen molar-refractivity contribution in [2.45, 2.75) is 25.3 Å². The minimum atomic E-state index is 0.375. The van der Waals surface area contributed by atoms with Gasteiger partial charge in [-0.15, -0.1) is 0 Å². The zero-order valence-electron chi connectivity index (χ0n) is 13.5. The van der Waals surface area contributed by atoms with Crippen LogP contribution in [0.1, 0.15) is 19.3 Å². The van der Waals surface area contributed by atoms with Crippen molar-refractivity contribution in [2.75, 3.05) is 72.7 Å². The highest BCUT2D eigenvalue weighted by Crippen LogP contribution is 2.32. The summed E-state index contributed by atoms with van der Waals surface area (Å²) < 4.78 is 11.0. The summed E-state index contributed by atoms with van der Waals surface area (Å²) in [6, 6.07) is 0.746. The van der Waals surface area contributed by atoms with E-state index in [1.165, 1.54) is 38.9 Å². The summed E-state index contributed by atoms with van der Waals surface area (Å²) in [5.41, 5.74) is 0.375. The molecule has 0 radical (unpaired) electrons. The molecule has 0 aromatic rings. The molecule has 3 heterocycles. The zero-order chi connectivity index (χ0) is 14.5. The summed E-state index contributed by atoms with van der Waals surface area (Å²) in [6.07, 6.45) is 3.82. The molecule has 1 atom stereocenters. The van der Waals surface area contributed by atoms with Crippen LogP contribution in [0.15, 0.2) is 0 Å². The second-order valence-electron chi connectivity index (χ2n) is 7.01. The van der Waals surface area contributed by atoms with E-state index in [0.29, 0.717) is 5.41 Å². The zero-order valence-corrected chi connectivity index (χ0v) is 13.5. The van der Waals surface area contributed by atoms with Crippen LogP contribution in [0.2, 0.25) is 0 Å². The van der Waals surface area contributed by atoms with Crippen molar-refractivity contribution in [2.24, 2.45) is 5.41 Å². The number of hydrogen-bond donors (Lipinski definition) is 1. The lowest BCUT2D eigenvalue weighted by molar-refractivity contribution is 0.0108. The van der Waals surface area contributed by atoms with E-state index in [4.69, 9.17) is 9.47 Å². The summed E-state index contributed by atoms with van der Waals surface area (Å²) in [6.45, 7) is 11.0. The summed E-state index contributed by atoms with van der Waals surface area (Å²) in [5.74, 6) is 0. The predicted octanol–water partition coefficient (Wildman–Crippen LogP) is 0.409. The quantitative estimate of drug-likeness (QED) is 0.795. The number of piperidine rings is 1. The first-order chi connectivity index (χ1) is 10.3. The smallest absolute Gasteiger partial charge is 0.0594 e. The Hall–Kier alpha value is -0.200. The van der Waals surface area contributed by atoms with Crippen LogP contribution < -0.4 is 5.32 Å². The van der Waals surface area contributed by atoms with E-state index in [-0.39, 0.29) is 0 Å². The molecule has 0 bridgehead atoms. The summed E-state index contributed by atoms with van der Waals surface area (Å²) in [7, 11) is 1.85. The summed E-state index contributed by atoms with van der Waals surface area (Å²) in [4.78, 5) is 5.32. The minimum absolute atomic E-state index is 0.375. The molecule has 0 aliphatic carbocycles. The second-order valence-corrected chi connectivity index (χ2v) is 7.01. The average molecular weight is 297 g/mol. The molecule has 0 amide bonds. The molecule has 0 aromatic heterocycles. The lowest BCUT2D eigenvalue weighted by Gasteiger charge is -2.40. The van der Waals surface area contributed by atoms with Gasteiger partial charge in [-0.2, -0.15) is 0 Å². The predicted molar refractivity (Wildman–Crippen MR) is 83.6 cm³/mol. The highest BCUT2D eigenvalue weighted by molar-refractivity contribution is 4.92. The molecule has 3 saturated heterocycles. The number of ether oxygens (including phenoxy) is 2. The Morgan fingerprint density at radius 1 is 1.19 bits per heavy atom. The third kappa shape index (κ3) is 3.96. The fourth-order valence-corrected chi connectivity index (χ4v) is 4.28. The highest BCUT2D eigenvalue weighted by Gasteiger charge is 2.37. The van der Waals surface area contributed by atoms with Gasteiger partial charge in [0.05, 0.1) is 19.8 Å². The third-order valence-corrected chi connectivity index (χ3v) is 5.48. The van der Waals surface area contributed by atoms with Gasteiger partial charge in [0.2, 0.25) is 0 Å². The standard InChI is InChI=1S/C16H31N3O2/c1-20-14-16(3-5-17-6-4-16)13-18-7-2-15(12-18)19-8-10-21-11-9-19/h15,17H,2-14H2,1H3. The Balaban J connectivity index is 1.52. The fraction of sp³-hybridized carbons (Fsp3) is 1.00. The molecule has 3 fully saturated rings. The molecular formula is C16H31N3O2. The number of nitrogens with zero attached hydrogens (tertiary/aromatic N) is 2. The summed E-state index contributed by atoms with van der Waals surface area (Å²) >= 11 is 0. The van der Waals surface area contributed by atoms with Gasteiger partial charge in [0.15, 0.2) is 0 Å². The molecule has 21 heavy (non-hydrogen) atoms. The fourth-order valence-electron chi connectivity index (χ4n) is 4.28. The van der Waals surface area contributed by atoms with Crippen molar-refractivity contribution in [1.82, 2.24) is 15.1 Å². The Morgan fingerprint density at radius 3 is 2.67 bits per heavy atom. The van der Waals surface area contributed by atoms with Gasteiger partial charge in [0, 0.05) is 44.7 Å². The molecule has 5 heteroatoms. The minimum Gasteiger partial charge on any atom is -0.384 e. The van der Waals surface area contributed by atoms with Gasteiger partial charge in [0.25, 0.3) is 0 Å². The maximum absolute atomic E-state index is 5.56. The van der Waals surface area contributed by atoms with Gasteiger partial charge >= 0.3 is 0 Å². The lowest BCUT2D eigenvalue weighted by Crippen LogP contribution is -2.48. The van der Waals surface area contributed by atoms with Crippen LogP contribution >= 0.6 is 0 Å². The van der Waals surface area contributed by atoms with E-state index < -0.39 is 0 Å². The second kappa shape index (κ2) is 7.38. The number of nitrogens with one attached hydrogen (secondary N) is 1. The molecule has 1 N–H and O–H groups in total. The summed E-state index contributed by atoms with van der Waals surface area (Å²) in [5, 5.41) is 3.49. The Kier molecular flexibility index (Phi) is 5.51. The van der Waals surface area contributed by atoms with E-state index in [1.807, 2.05) is 7.11 Å². The average Bonchev–Trinajstić information content (AvgIpc) is 2.97. The molecule has 1 unspecified atom stereocenters. The van der Waals surface area contributed by atoms with E-state index in [9.17, 15) is 0 Å². The van der Waals surface area contributed by atoms with Crippen LogP contribution in [0, 0.1) is 5.41 Å². The number of likely N-dealkylation sites (tertiary alicyclic amines) is 1. The SMILES string of the molecule is COCC1(CN2CCC(N3CCOCC3)C2)CCNCC1. The van der Waals surface area contributed by atoms with Crippen molar-refractivity contribution in [1.29, 1.82) is 0 Å². The Labute approximate surface area is 128 Å². The van der Waals surface area contributed by atoms with Crippen molar-refractivity contribution < 1.29 is 9.47 Å².